The van der Waals surface area contributed by atoms with Crippen LogP contribution in [0.25, 0.3) is 0 Å². The van der Waals surface area contributed by atoms with Crippen LogP contribution in [0.4, 0.5) is 0 Å². The summed E-state index contributed by atoms with van der Waals surface area (Å²) in [6.07, 6.45) is 0. The molecule has 0 rings (SSSR count). The molecule has 0 unspecified atom stereocenters. The molecule has 0 heterocycles. The van der Waals surface area contributed by atoms with E-state index in [4.69, 9.17) is 15.3 Å². The summed E-state index contributed by atoms with van der Waals surface area (Å²) in [6.45, 7) is 0. The molecule has 0 spiro atoms. The first-order valence-electron chi connectivity index (χ1n) is 3.63. The summed E-state index contributed by atoms with van der Waals surface area (Å²) in [4.78, 5) is 30.8. The first kappa shape index (κ1) is 12.8. The third kappa shape index (κ3) is 5.47. The molecule has 0 amide bonds. The second-order valence-corrected chi connectivity index (χ2v) is 8.42. The fraction of sp³-hybridized carbons (Fsp3) is 0.500. The summed E-state index contributed by atoms with van der Waals surface area (Å²) in [7, 11) is 0. The van der Waals surface area contributed by atoms with Gasteiger partial charge >= 0.3 is 81.7 Å². The van der Waals surface area contributed by atoms with E-state index in [1.165, 1.54) is 0 Å². The standard InChI is InChI=1S/3C2H3O2.N.Ti/c3*1-2(3)4;;/h3*1H2,(H,3,4);;. The van der Waals surface area contributed by atoms with Gasteiger partial charge in [-0.05, 0) is 0 Å². The van der Waals surface area contributed by atoms with E-state index < -0.39 is 48.3 Å². The van der Waals surface area contributed by atoms with Crippen LogP contribution in [0.1, 0.15) is 0 Å². The number of rotatable bonds is 3. The molecule has 0 saturated heterocycles. The number of carboxylic acids is 3. The Morgan fingerprint density at radius 1 is 0.857 bits per heavy atom. The Hall–Kier alpha value is -1.17. The normalized spacial score (nSPS) is 9.64. The molecule has 0 saturated carbocycles. The van der Waals surface area contributed by atoms with E-state index in [0.29, 0.717) is 0 Å². The van der Waals surface area contributed by atoms with Crippen LogP contribution in [-0.4, -0.2) is 33.2 Å². The van der Waals surface area contributed by atoms with Gasteiger partial charge in [-0.1, -0.05) is 0 Å². The quantitative estimate of drug-likeness (QED) is 0.595. The van der Waals surface area contributed by atoms with Crippen molar-refractivity contribution in [1.82, 2.24) is 0 Å². The zero-order chi connectivity index (χ0) is 11.4. The minimum absolute atomic E-state index is 0.724. The van der Waals surface area contributed by atoms with Crippen LogP contribution in [-0.2, 0) is 30.6 Å². The van der Waals surface area contributed by atoms with Crippen molar-refractivity contribution in [2.45, 2.75) is 14.2 Å². The zero-order valence-corrected chi connectivity index (χ0v) is 8.70. The van der Waals surface area contributed by atoms with E-state index in [-0.39, 0.29) is 0 Å². The molecule has 14 heavy (non-hydrogen) atoms. The number of hydrogen-bond donors (Lipinski definition) is 3. The van der Waals surface area contributed by atoms with E-state index in [9.17, 15) is 18.0 Å². The molecule has 0 aromatic carbocycles. The van der Waals surface area contributed by atoms with E-state index in [1.54, 1.807) is 0 Å². The van der Waals surface area contributed by atoms with E-state index in [0.717, 1.165) is 0 Å². The molecule has 0 radical (unpaired) electrons. The van der Waals surface area contributed by atoms with Crippen molar-refractivity contribution < 1.29 is 45.9 Å². The molecular weight excluding hydrogens is 230 g/mol. The predicted molar refractivity (Wildman–Crippen MR) is 39.1 cm³/mol. The Labute approximate surface area is 82.0 Å². The molecule has 0 atom stereocenters. The second kappa shape index (κ2) is 4.90. The summed E-state index contributed by atoms with van der Waals surface area (Å²) in [5.74, 6) is -4.10. The molecule has 3 N–H and O–H groups in total. The van der Waals surface area contributed by atoms with Crippen molar-refractivity contribution in [3.05, 3.63) is 0 Å². The van der Waals surface area contributed by atoms with Crippen molar-refractivity contribution in [3.63, 3.8) is 0 Å². The minimum atomic E-state index is -4.26. The van der Waals surface area contributed by atoms with Gasteiger partial charge in [-0.3, -0.25) is 0 Å². The zero-order valence-electron chi connectivity index (χ0n) is 7.13. The molecule has 0 aliphatic carbocycles. The average Bonchev–Trinajstić information content (AvgIpc) is 1.76. The van der Waals surface area contributed by atoms with Gasteiger partial charge in [-0.25, -0.2) is 0 Å². The number of carboxylic acid groups (broad SMARTS) is 3. The molecule has 0 aliphatic rings. The van der Waals surface area contributed by atoms with Crippen LogP contribution < -0.4 is 0 Å². The monoisotopic (exact) mass is 239 g/mol. The average molecular weight is 239 g/mol. The predicted octanol–water partition coefficient (Wildman–Crippen LogP) is 0.128. The Kier molecular flexibility index (Phi) is 4.49. The van der Waals surface area contributed by atoms with Crippen LogP contribution in [0.3, 0.4) is 0 Å². The first-order chi connectivity index (χ1) is 6.25. The van der Waals surface area contributed by atoms with Gasteiger partial charge in [-0.2, -0.15) is 0 Å². The molecule has 0 bridgehead atoms. The molecule has 0 aromatic heterocycles. The molecule has 0 aliphatic heterocycles. The fourth-order valence-electron chi connectivity index (χ4n) is 1.03. The molecule has 7 nitrogen and oxygen atoms in total. The Morgan fingerprint density at radius 3 is 1.21 bits per heavy atom. The maximum absolute atomic E-state index is 10.3. The molecule has 0 fully saturated rings. The molecular formula is C6H9NO6Ti. The van der Waals surface area contributed by atoms with Crippen LogP contribution in [0.5, 0.6) is 0 Å². The van der Waals surface area contributed by atoms with Crippen LogP contribution >= 0.6 is 0 Å². The summed E-state index contributed by atoms with van der Waals surface area (Å²) >= 11 is -4.26. The van der Waals surface area contributed by atoms with Gasteiger partial charge in [0.25, 0.3) is 0 Å². The van der Waals surface area contributed by atoms with Crippen molar-refractivity contribution in [1.29, 1.82) is 3.65 Å². The van der Waals surface area contributed by atoms with Gasteiger partial charge < -0.3 is 0 Å². The summed E-state index contributed by atoms with van der Waals surface area (Å²) in [5, 5.41) is 25.1. The Bertz CT molecular complexity index is 311. The van der Waals surface area contributed by atoms with Gasteiger partial charge in [0.05, 0.1) is 0 Å². The van der Waals surface area contributed by atoms with Crippen LogP contribution in [0, 0.1) is 3.65 Å². The maximum atomic E-state index is 10.3. The van der Waals surface area contributed by atoms with Gasteiger partial charge in [0, 0.05) is 0 Å². The van der Waals surface area contributed by atoms with E-state index in [1.807, 2.05) is 0 Å². The van der Waals surface area contributed by atoms with Crippen molar-refractivity contribution >= 4 is 17.9 Å². The molecule has 0 aromatic rings. The Morgan fingerprint density at radius 2 is 1.07 bits per heavy atom. The topological polar surface area (TPSA) is 136 Å². The SMILES string of the molecule is [N]#[Ti]([CH2]C(=O)O)([CH2]C(=O)O)[CH2]C(=O)O. The summed E-state index contributed by atoms with van der Waals surface area (Å²) < 4.78 is 7.40. The number of hydrogen-bond acceptors (Lipinski definition) is 4. The number of carbonyl (C=O) groups is 3. The fourth-order valence-corrected chi connectivity index (χ4v) is 4.25. The van der Waals surface area contributed by atoms with Crippen molar-refractivity contribution in [3.8, 4) is 0 Å². The molecule has 8 heteroatoms. The first-order valence-corrected chi connectivity index (χ1v) is 7.64. The van der Waals surface area contributed by atoms with Crippen molar-refractivity contribution in [2.75, 3.05) is 0 Å². The van der Waals surface area contributed by atoms with Crippen LogP contribution in [0.15, 0.2) is 0 Å². The Balaban J connectivity index is 4.69. The summed E-state index contributed by atoms with van der Waals surface area (Å²) in [6, 6.07) is 0. The van der Waals surface area contributed by atoms with Gasteiger partial charge in [-0.15, -0.1) is 0 Å². The third-order valence-corrected chi connectivity index (χ3v) is 5.94. The van der Waals surface area contributed by atoms with Gasteiger partial charge in [0.1, 0.15) is 0 Å². The van der Waals surface area contributed by atoms with Crippen molar-refractivity contribution in [2.24, 2.45) is 0 Å². The summed E-state index contributed by atoms with van der Waals surface area (Å²) in [5.41, 5.74) is 0. The van der Waals surface area contributed by atoms with Crippen LogP contribution in [0.2, 0.25) is 14.2 Å². The second-order valence-electron chi connectivity index (χ2n) is 2.94. The van der Waals surface area contributed by atoms with Gasteiger partial charge in [0.15, 0.2) is 0 Å². The van der Waals surface area contributed by atoms with Gasteiger partial charge in [0.2, 0.25) is 0 Å². The number of aliphatic carboxylic acids is 3. The third-order valence-electron chi connectivity index (χ3n) is 1.44. The molecule has 78 valence electrons. The van der Waals surface area contributed by atoms with E-state index in [2.05, 4.69) is 0 Å². The number of nitrogens with zero attached hydrogens (tertiary/aromatic N) is 1. The van der Waals surface area contributed by atoms with E-state index >= 15 is 0 Å².